The van der Waals surface area contributed by atoms with Gasteiger partial charge in [0.15, 0.2) is 17.4 Å². The maximum atomic E-state index is 13.3. The van der Waals surface area contributed by atoms with E-state index >= 15 is 0 Å². The van der Waals surface area contributed by atoms with Crippen LogP contribution in [0.25, 0.3) is 12.2 Å². The Labute approximate surface area is 183 Å². The van der Waals surface area contributed by atoms with E-state index in [1.165, 1.54) is 12.1 Å². The standard InChI is InChI=1S/C22H19F2N3O4S/c1-13-21(25-22(28)15-5-6-15)20(31-26-13)11-4-14-2-8-17(9-3-14)32(29,30)27-16-7-10-18(23)19(24)12-16/h2-4,7-12,15,27H,5-6H2,1H3,(H,25,28). The number of hydrogen-bond acceptors (Lipinski definition) is 5. The van der Waals surface area contributed by atoms with Crippen LogP contribution in [0.4, 0.5) is 20.2 Å². The Morgan fingerprint density at radius 3 is 2.47 bits per heavy atom. The van der Waals surface area contributed by atoms with E-state index in [4.69, 9.17) is 4.52 Å². The number of aryl methyl sites for hydroxylation is 1. The predicted octanol–water partition coefficient (Wildman–Crippen LogP) is 4.58. The molecule has 0 atom stereocenters. The van der Waals surface area contributed by atoms with E-state index in [1.807, 2.05) is 0 Å². The number of rotatable bonds is 7. The summed E-state index contributed by atoms with van der Waals surface area (Å²) in [6, 6.07) is 8.64. The molecule has 1 aliphatic carbocycles. The number of anilines is 2. The maximum absolute atomic E-state index is 13.3. The van der Waals surface area contributed by atoms with Gasteiger partial charge in [-0.3, -0.25) is 9.52 Å². The zero-order valence-corrected chi connectivity index (χ0v) is 17.7. The topological polar surface area (TPSA) is 101 Å². The number of benzene rings is 2. The first-order chi connectivity index (χ1) is 15.2. The van der Waals surface area contributed by atoms with Crippen molar-refractivity contribution in [3.05, 3.63) is 71.1 Å². The number of nitrogens with one attached hydrogen (secondary N) is 2. The van der Waals surface area contributed by atoms with Gasteiger partial charge in [0, 0.05) is 12.0 Å². The van der Waals surface area contributed by atoms with Crippen LogP contribution in [-0.2, 0) is 14.8 Å². The Hall–Kier alpha value is -3.53. The average Bonchev–Trinajstić information content (AvgIpc) is 3.55. The van der Waals surface area contributed by atoms with E-state index in [0.717, 1.165) is 31.0 Å². The van der Waals surface area contributed by atoms with E-state index in [1.54, 1.807) is 31.2 Å². The van der Waals surface area contributed by atoms with E-state index in [2.05, 4.69) is 15.2 Å². The Morgan fingerprint density at radius 2 is 1.81 bits per heavy atom. The summed E-state index contributed by atoms with van der Waals surface area (Å²) in [4.78, 5) is 12.0. The highest BCUT2D eigenvalue weighted by molar-refractivity contribution is 7.92. The van der Waals surface area contributed by atoms with Crippen molar-refractivity contribution < 1.29 is 26.5 Å². The largest absolute Gasteiger partial charge is 0.354 e. The molecule has 0 radical (unpaired) electrons. The van der Waals surface area contributed by atoms with Gasteiger partial charge in [-0.15, -0.1) is 0 Å². The Morgan fingerprint density at radius 1 is 1.09 bits per heavy atom. The fraction of sp³-hybridized carbons (Fsp3) is 0.182. The first-order valence-electron chi connectivity index (χ1n) is 9.76. The van der Waals surface area contributed by atoms with Crippen molar-refractivity contribution in [1.29, 1.82) is 0 Å². The van der Waals surface area contributed by atoms with E-state index in [9.17, 15) is 22.0 Å². The van der Waals surface area contributed by atoms with Crippen molar-refractivity contribution in [3.8, 4) is 0 Å². The van der Waals surface area contributed by atoms with Crippen molar-refractivity contribution in [2.75, 3.05) is 10.0 Å². The number of carbonyl (C=O) groups excluding carboxylic acids is 1. The zero-order chi connectivity index (χ0) is 22.9. The van der Waals surface area contributed by atoms with E-state index < -0.39 is 21.7 Å². The van der Waals surface area contributed by atoms with Crippen LogP contribution in [0.1, 0.15) is 29.9 Å². The van der Waals surface area contributed by atoms with Crippen molar-refractivity contribution in [3.63, 3.8) is 0 Å². The van der Waals surface area contributed by atoms with Crippen LogP contribution >= 0.6 is 0 Å². The molecule has 2 N–H and O–H groups in total. The number of halogens is 2. The van der Waals surface area contributed by atoms with Crippen LogP contribution in [0.2, 0.25) is 0 Å². The fourth-order valence-corrected chi connectivity index (χ4v) is 3.98. The normalized spacial score (nSPS) is 14.0. The molecule has 1 fully saturated rings. The molecule has 1 heterocycles. The maximum Gasteiger partial charge on any atom is 0.261 e. The second-order valence-corrected chi connectivity index (χ2v) is 9.09. The van der Waals surface area contributed by atoms with Gasteiger partial charge in [-0.25, -0.2) is 17.2 Å². The van der Waals surface area contributed by atoms with E-state index in [-0.39, 0.29) is 22.4 Å². The Bertz CT molecular complexity index is 1300. The molecule has 4 rings (SSSR count). The van der Waals surface area contributed by atoms with Crippen molar-refractivity contribution in [2.45, 2.75) is 24.7 Å². The van der Waals surface area contributed by atoms with Crippen LogP contribution in [0, 0.1) is 24.5 Å². The zero-order valence-electron chi connectivity index (χ0n) is 16.9. The first kappa shape index (κ1) is 21.7. The molecule has 166 valence electrons. The van der Waals surface area contributed by atoms with Crippen LogP contribution in [0.5, 0.6) is 0 Å². The first-order valence-corrected chi connectivity index (χ1v) is 11.2. The Balaban J connectivity index is 1.47. The lowest BCUT2D eigenvalue weighted by atomic mass is 10.2. The summed E-state index contributed by atoms with van der Waals surface area (Å²) in [5.74, 6) is -1.86. The van der Waals surface area contributed by atoms with Crippen LogP contribution in [0.3, 0.4) is 0 Å². The van der Waals surface area contributed by atoms with Crippen LogP contribution < -0.4 is 10.0 Å². The third-order valence-corrected chi connectivity index (χ3v) is 6.27. The van der Waals surface area contributed by atoms with Crippen molar-refractivity contribution in [1.82, 2.24) is 5.16 Å². The molecule has 0 spiro atoms. The number of hydrogen-bond donors (Lipinski definition) is 2. The second-order valence-electron chi connectivity index (χ2n) is 7.41. The third kappa shape index (κ3) is 4.86. The molecule has 10 heteroatoms. The summed E-state index contributed by atoms with van der Waals surface area (Å²) < 4.78 is 58.8. The number of amides is 1. The molecule has 0 unspecified atom stereocenters. The van der Waals surface area contributed by atoms with Gasteiger partial charge in [0.05, 0.1) is 10.6 Å². The van der Waals surface area contributed by atoms with E-state index in [0.29, 0.717) is 22.7 Å². The van der Waals surface area contributed by atoms with Gasteiger partial charge in [-0.1, -0.05) is 23.4 Å². The minimum Gasteiger partial charge on any atom is -0.354 e. The molecule has 1 amide bonds. The molecular formula is C22H19F2N3O4S. The molecule has 2 aromatic carbocycles. The van der Waals surface area contributed by atoms with Crippen LogP contribution in [-0.4, -0.2) is 19.5 Å². The minimum absolute atomic E-state index is 0.0376. The number of sulfonamides is 1. The molecule has 0 saturated heterocycles. The molecule has 3 aromatic rings. The molecule has 32 heavy (non-hydrogen) atoms. The van der Waals surface area contributed by atoms with Crippen LogP contribution in [0.15, 0.2) is 51.9 Å². The minimum atomic E-state index is -3.99. The number of carbonyl (C=O) groups is 1. The van der Waals surface area contributed by atoms with Gasteiger partial charge in [0.1, 0.15) is 11.4 Å². The van der Waals surface area contributed by atoms with Gasteiger partial charge in [0.25, 0.3) is 10.0 Å². The highest BCUT2D eigenvalue weighted by Crippen LogP contribution is 2.32. The summed E-state index contributed by atoms with van der Waals surface area (Å²) in [6.07, 6.45) is 5.07. The lowest BCUT2D eigenvalue weighted by Gasteiger charge is -2.08. The third-order valence-electron chi connectivity index (χ3n) is 4.87. The fourth-order valence-electron chi connectivity index (χ4n) is 2.93. The summed E-state index contributed by atoms with van der Waals surface area (Å²) in [5, 5.41) is 6.71. The summed E-state index contributed by atoms with van der Waals surface area (Å²) in [6.45, 7) is 1.73. The van der Waals surface area contributed by atoms with Crippen molar-refractivity contribution in [2.24, 2.45) is 5.92 Å². The molecular weight excluding hydrogens is 440 g/mol. The molecule has 1 aromatic heterocycles. The number of aromatic nitrogens is 1. The van der Waals surface area contributed by atoms with Gasteiger partial charge in [0.2, 0.25) is 5.91 Å². The molecule has 7 nitrogen and oxygen atoms in total. The average molecular weight is 459 g/mol. The molecule has 0 bridgehead atoms. The lowest BCUT2D eigenvalue weighted by Crippen LogP contribution is -2.14. The smallest absolute Gasteiger partial charge is 0.261 e. The molecule has 1 aliphatic rings. The molecule has 0 aliphatic heterocycles. The number of nitrogens with zero attached hydrogens (tertiary/aromatic N) is 1. The van der Waals surface area contributed by atoms with Gasteiger partial charge < -0.3 is 9.84 Å². The highest BCUT2D eigenvalue weighted by Gasteiger charge is 2.30. The summed E-state index contributed by atoms with van der Waals surface area (Å²) >= 11 is 0. The quantitative estimate of drug-likeness (QED) is 0.539. The second kappa shape index (κ2) is 8.54. The lowest BCUT2D eigenvalue weighted by molar-refractivity contribution is -0.117. The van der Waals surface area contributed by atoms with Gasteiger partial charge >= 0.3 is 0 Å². The van der Waals surface area contributed by atoms with Crippen molar-refractivity contribution >= 4 is 39.5 Å². The summed E-state index contributed by atoms with van der Waals surface area (Å²) in [5.41, 5.74) is 1.65. The highest BCUT2D eigenvalue weighted by atomic mass is 32.2. The Kier molecular flexibility index (Phi) is 5.79. The summed E-state index contributed by atoms with van der Waals surface area (Å²) in [7, 11) is -3.99. The monoisotopic (exact) mass is 459 g/mol. The van der Waals surface area contributed by atoms with Gasteiger partial charge in [-0.2, -0.15) is 0 Å². The molecule has 1 saturated carbocycles. The predicted molar refractivity (Wildman–Crippen MR) is 115 cm³/mol. The van der Waals surface area contributed by atoms with Gasteiger partial charge in [-0.05, 0) is 55.7 Å². The SMILES string of the molecule is Cc1noc(C=Cc2ccc(S(=O)(=O)Nc3ccc(F)c(F)c3)cc2)c1NC(=O)C1CC1.